The fourth-order valence-electron chi connectivity index (χ4n) is 14.0. The molecule has 0 radical (unpaired) electrons. The molecule has 14 nitrogen and oxygen atoms in total. The average Bonchev–Trinajstić information content (AvgIpc) is 3.59. The van der Waals surface area contributed by atoms with Crippen LogP contribution in [0.4, 0.5) is 0 Å². The molecule has 3 aliphatic heterocycles. The lowest BCUT2D eigenvalue weighted by atomic mass is 9.44. The predicted molar refractivity (Wildman–Crippen MR) is 189 cm³/mol. The highest BCUT2D eigenvalue weighted by atomic mass is 16.7. The van der Waals surface area contributed by atoms with Crippen molar-refractivity contribution in [3.63, 3.8) is 0 Å². The molecule has 8 fully saturated rings. The van der Waals surface area contributed by atoms with Crippen LogP contribution in [0.1, 0.15) is 86.0 Å². The Bertz CT molecular complexity index is 1370. The highest BCUT2D eigenvalue weighted by molar-refractivity contribution is 5.29. The van der Waals surface area contributed by atoms with Crippen LogP contribution in [0, 0.1) is 57.7 Å². The SMILES string of the molecule is CO[C@@H]1C[C@H]2[C@@H]3C[C@@H]4O[C@](O)(CCC(C)CO[C@@H]5O[C@H](CO)[C@@H](O)[C@H](O)[C@H]5O)[C@@H](C)[C@@H]4[C@@]3(C)CC[C@@H]2[C@@]2(C)[C@H](O[C@@H]3O[C@H](C)[C@H](O)[C@H](O)[C@H]3O)C[C@@H]3C[C@]312. The molecule has 5 saturated carbocycles. The number of hydrogen-bond acceptors (Lipinski definition) is 14. The molecular weight excluding hydrogens is 704 g/mol. The molecule has 310 valence electrons. The van der Waals surface area contributed by atoms with Crippen LogP contribution in [0.5, 0.6) is 0 Å². The number of hydrogen-bond donors (Lipinski definition) is 8. The van der Waals surface area contributed by atoms with E-state index >= 15 is 0 Å². The summed E-state index contributed by atoms with van der Waals surface area (Å²) < 4.78 is 37.1. The molecule has 0 amide bonds. The van der Waals surface area contributed by atoms with Gasteiger partial charge in [-0.05, 0) is 92.8 Å². The van der Waals surface area contributed by atoms with Gasteiger partial charge in [0, 0.05) is 30.3 Å². The van der Waals surface area contributed by atoms with E-state index in [1.54, 1.807) is 6.92 Å². The zero-order chi connectivity index (χ0) is 38.9. The minimum atomic E-state index is -1.50. The number of fused-ring (bicyclic) bond motifs is 6. The van der Waals surface area contributed by atoms with Crippen molar-refractivity contribution in [1.82, 2.24) is 0 Å². The summed E-state index contributed by atoms with van der Waals surface area (Å²) in [5.74, 6) is 0.329. The molecule has 1 spiro atoms. The monoisotopic (exact) mass is 770 g/mol. The molecule has 24 atom stereocenters. The molecule has 8 rings (SSSR count). The van der Waals surface area contributed by atoms with Crippen LogP contribution in [0.3, 0.4) is 0 Å². The maximum Gasteiger partial charge on any atom is 0.186 e. The van der Waals surface area contributed by atoms with E-state index in [4.69, 9.17) is 28.4 Å². The Hall–Kier alpha value is -0.560. The molecule has 0 bridgehead atoms. The molecule has 3 saturated heterocycles. The summed E-state index contributed by atoms with van der Waals surface area (Å²) >= 11 is 0. The number of methoxy groups -OCH3 is 1. The maximum absolute atomic E-state index is 12.1. The van der Waals surface area contributed by atoms with Gasteiger partial charge in [0.05, 0.1) is 37.6 Å². The van der Waals surface area contributed by atoms with Crippen molar-refractivity contribution in [3.8, 4) is 0 Å². The van der Waals surface area contributed by atoms with Crippen LogP contribution in [-0.2, 0) is 28.4 Å². The molecule has 0 aromatic rings. The largest absolute Gasteiger partial charge is 0.394 e. The summed E-state index contributed by atoms with van der Waals surface area (Å²) in [6, 6.07) is 0. The fraction of sp³-hybridized carbons (Fsp3) is 1.00. The van der Waals surface area contributed by atoms with Crippen molar-refractivity contribution in [2.75, 3.05) is 20.3 Å². The minimum Gasteiger partial charge on any atom is -0.394 e. The summed E-state index contributed by atoms with van der Waals surface area (Å²) in [5, 5.41) is 84.0. The zero-order valence-corrected chi connectivity index (χ0v) is 32.6. The summed E-state index contributed by atoms with van der Waals surface area (Å²) in [4.78, 5) is 0. The van der Waals surface area contributed by atoms with Crippen LogP contribution >= 0.6 is 0 Å². The molecular formula is C40H66O14. The van der Waals surface area contributed by atoms with Crippen molar-refractivity contribution in [2.24, 2.45) is 57.7 Å². The molecule has 3 heterocycles. The standard InChI is InChI=1S/C40H66O14/c1-17(16-50-35-33(46)32(45)30(43)25(15-41)52-35)7-10-40(48)18(2)28-24(54-40)13-23-21-12-27(49-6)39-14-20(39)11-26(38(39,5)22(21)8-9-37(23,28)4)53-36-34(47)31(44)29(42)19(3)51-36/h17-36,41-48H,7-16H2,1-6H3/t17?,18-,19+,20+,21+,22-,23-,24-,25+,26+,27+,28-,29-,30+,31-,32-,33+,34+,35+,36-,37-,38-,39-,40+/m0/s1. The Labute approximate surface area is 318 Å². The van der Waals surface area contributed by atoms with Crippen molar-refractivity contribution in [2.45, 2.75) is 171 Å². The normalized spacial score (nSPS) is 59.6. The van der Waals surface area contributed by atoms with E-state index in [1.807, 2.05) is 14.0 Å². The van der Waals surface area contributed by atoms with E-state index in [0.29, 0.717) is 36.5 Å². The van der Waals surface area contributed by atoms with E-state index in [1.165, 1.54) is 0 Å². The van der Waals surface area contributed by atoms with E-state index < -0.39 is 73.8 Å². The number of ether oxygens (including phenoxy) is 6. The lowest BCUT2D eigenvalue weighted by Gasteiger charge is -2.62. The van der Waals surface area contributed by atoms with Gasteiger partial charge in [-0.3, -0.25) is 0 Å². The second-order valence-electron chi connectivity index (χ2n) is 19.4. The van der Waals surface area contributed by atoms with Gasteiger partial charge in [-0.2, -0.15) is 0 Å². The molecule has 5 aliphatic carbocycles. The van der Waals surface area contributed by atoms with E-state index in [9.17, 15) is 40.9 Å². The van der Waals surface area contributed by atoms with Crippen molar-refractivity contribution < 1.29 is 69.3 Å². The van der Waals surface area contributed by atoms with Gasteiger partial charge in [0.25, 0.3) is 0 Å². The van der Waals surface area contributed by atoms with Gasteiger partial charge < -0.3 is 69.3 Å². The van der Waals surface area contributed by atoms with Crippen molar-refractivity contribution in [3.05, 3.63) is 0 Å². The highest BCUT2D eigenvalue weighted by Gasteiger charge is 2.82. The quantitative estimate of drug-likeness (QED) is 0.153. The smallest absolute Gasteiger partial charge is 0.186 e. The third-order valence-corrected chi connectivity index (χ3v) is 17.1. The first-order valence-corrected chi connectivity index (χ1v) is 20.7. The molecule has 0 aromatic carbocycles. The fourth-order valence-corrected chi connectivity index (χ4v) is 14.0. The lowest BCUT2D eigenvalue weighted by molar-refractivity contribution is -0.321. The third-order valence-electron chi connectivity index (χ3n) is 17.1. The van der Waals surface area contributed by atoms with Crippen LogP contribution in [-0.4, -0.2) is 147 Å². The Morgan fingerprint density at radius 2 is 1.54 bits per heavy atom. The lowest BCUT2D eigenvalue weighted by Crippen LogP contribution is -2.62. The average molecular weight is 771 g/mol. The van der Waals surface area contributed by atoms with Crippen LogP contribution in [0.2, 0.25) is 0 Å². The summed E-state index contributed by atoms with van der Waals surface area (Å²) in [5.41, 5.74) is -0.274. The first kappa shape index (κ1) is 40.2. The van der Waals surface area contributed by atoms with Crippen LogP contribution in [0.15, 0.2) is 0 Å². The topological polar surface area (TPSA) is 217 Å². The number of rotatable bonds is 10. The van der Waals surface area contributed by atoms with E-state index in [-0.39, 0.29) is 58.9 Å². The van der Waals surface area contributed by atoms with Crippen molar-refractivity contribution >= 4 is 0 Å². The molecule has 0 aromatic heterocycles. The van der Waals surface area contributed by atoms with Crippen molar-refractivity contribution in [1.29, 1.82) is 0 Å². The van der Waals surface area contributed by atoms with Crippen LogP contribution < -0.4 is 0 Å². The Kier molecular flexibility index (Phi) is 10.5. The van der Waals surface area contributed by atoms with Gasteiger partial charge in [-0.25, -0.2) is 0 Å². The zero-order valence-electron chi connectivity index (χ0n) is 32.6. The molecule has 8 N–H and O–H groups in total. The summed E-state index contributed by atoms with van der Waals surface area (Å²) in [6.07, 6.45) is -5.53. The van der Waals surface area contributed by atoms with Gasteiger partial charge in [-0.1, -0.05) is 27.7 Å². The summed E-state index contributed by atoms with van der Waals surface area (Å²) in [7, 11) is 1.84. The molecule has 54 heavy (non-hydrogen) atoms. The first-order valence-electron chi connectivity index (χ1n) is 20.7. The third kappa shape index (κ3) is 5.71. The Balaban J connectivity index is 0.940. The van der Waals surface area contributed by atoms with Gasteiger partial charge in [0.2, 0.25) is 0 Å². The molecule has 8 aliphatic rings. The number of aliphatic hydroxyl groups is 8. The second-order valence-corrected chi connectivity index (χ2v) is 19.4. The highest BCUT2D eigenvalue weighted by Crippen LogP contribution is 2.83. The second kappa shape index (κ2) is 14.0. The summed E-state index contributed by atoms with van der Waals surface area (Å²) in [6.45, 7) is 10.3. The Morgan fingerprint density at radius 1 is 0.833 bits per heavy atom. The van der Waals surface area contributed by atoms with Gasteiger partial charge >= 0.3 is 0 Å². The minimum absolute atomic E-state index is 0.00752. The van der Waals surface area contributed by atoms with Gasteiger partial charge in [0.15, 0.2) is 18.4 Å². The Morgan fingerprint density at radius 3 is 2.24 bits per heavy atom. The van der Waals surface area contributed by atoms with Gasteiger partial charge in [0.1, 0.15) is 42.7 Å². The van der Waals surface area contributed by atoms with E-state index in [2.05, 4.69) is 20.8 Å². The number of aliphatic hydroxyl groups excluding tert-OH is 7. The maximum atomic E-state index is 12.1. The predicted octanol–water partition coefficient (Wildman–Crippen LogP) is 0.659. The molecule has 14 heteroatoms. The van der Waals surface area contributed by atoms with E-state index in [0.717, 1.165) is 38.5 Å². The molecule has 1 unspecified atom stereocenters. The van der Waals surface area contributed by atoms with Crippen LogP contribution in [0.25, 0.3) is 0 Å². The van der Waals surface area contributed by atoms with Gasteiger partial charge in [-0.15, -0.1) is 0 Å². The first-order chi connectivity index (χ1) is 25.5.